The highest BCUT2D eigenvalue weighted by molar-refractivity contribution is 7.61. The molecule has 0 spiro atoms. The van der Waals surface area contributed by atoms with Crippen LogP contribution in [0.15, 0.2) is 4.47 Å². The Morgan fingerprint density at radius 1 is 1.43 bits per heavy atom. The van der Waals surface area contributed by atoms with Crippen molar-refractivity contribution in [1.82, 2.24) is 5.43 Å². The Balaban J connectivity index is 3.71. The van der Waals surface area contributed by atoms with E-state index in [2.05, 4.69) is 9.90 Å². The van der Waals surface area contributed by atoms with Crippen molar-refractivity contribution in [2.24, 2.45) is 4.47 Å². The first-order valence-electron chi connectivity index (χ1n) is 4.06. The van der Waals surface area contributed by atoms with E-state index in [0.717, 1.165) is 0 Å². The lowest BCUT2D eigenvalue weighted by atomic mass is 10.2. The van der Waals surface area contributed by atoms with Gasteiger partial charge in [0.1, 0.15) is 5.60 Å². The number of ether oxygens (including phenoxy) is 1. The molecule has 6 nitrogen and oxygen atoms in total. The summed E-state index contributed by atoms with van der Waals surface area (Å²) in [7, 11) is -2.49. The van der Waals surface area contributed by atoms with E-state index in [1.807, 2.05) is 0 Å². The summed E-state index contributed by atoms with van der Waals surface area (Å²) in [6.45, 7) is 5.42. The molecule has 0 amide bonds. The van der Waals surface area contributed by atoms with Crippen molar-refractivity contribution in [2.75, 3.05) is 6.54 Å². The van der Waals surface area contributed by atoms with Crippen LogP contribution in [0.1, 0.15) is 27.2 Å². The molecule has 82 valence electrons. The average Bonchev–Trinajstić information content (AvgIpc) is 1.94. The van der Waals surface area contributed by atoms with Crippen molar-refractivity contribution in [1.29, 1.82) is 0 Å². The van der Waals surface area contributed by atoms with Gasteiger partial charge >= 0.3 is 16.5 Å². The molecule has 0 aromatic heterocycles. The van der Waals surface area contributed by atoms with Gasteiger partial charge in [0.2, 0.25) is 0 Å². The smallest absolute Gasteiger partial charge is 0.327 e. The first kappa shape index (κ1) is 13.1. The van der Waals surface area contributed by atoms with Crippen molar-refractivity contribution in [3.8, 4) is 0 Å². The molecule has 14 heavy (non-hydrogen) atoms. The molecular formula is C7H14N2O4S. The summed E-state index contributed by atoms with van der Waals surface area (Å²) < 4.78 is 27.8. The van der Waals surface area contributed by atoms with Gasteiger partial charge in [0.15, 0.2) is 0 Å². The third-order valence-corrected chi connectivity index (χ3v) is 1.28. The minimum atomic E-state index is -2.49. The van der Waals surface area contributed by atoms with Crippen LogP contribution < -0.4 is 5.43 Å². The van der Waals surface area contributed by atoms with Crippen LogP contribution in [0.3, 0.4) is 0 Å². The molecular weight excluding hydrogens is 208 g/mol. The van der Waals surface area contributed by atoms with E-state index in [0.29, 0.717) is 0 Å². The van der Waals surface area contributed by atoms with Crippen molar-refractivity contribution in [3.05, 3.63) is 0 Å². The molecule has 0 rings (SSSR count). The number of rotatable bonds is 4. The number of carbonyl (C=O) groups excluding carboxylic acids is 1. The van der Waals surface area contributed by atoms with Crippen LogP contribution in [0, 0.1) is 0 Å². The fourth-order valence-electron chi connectivity index (χ4n) is 0.649. The van der Waals surface area contributed by atoms with Gasteiger partial charge in [0.25, 0.3) is 0 Å². The van der Waals surface area contributed by atoms with Gasteiger partial charge in [-0.25, -0.2) is 0 Å². The molecule has 0 aliphatic rings. The monoisotopic (exact) mass is 222 g/mol. The second-order valence-corrected chi connectivity index (χ2v) is 4.17. The molecule has 0 saturated heterocycles. The summed E-state index contributed by atoms with van der Waals surface area (Å²) in [6.07, 6.45) is 0.0813. The van der Waals surface area contributed by atoms with Crippen LogP contribution in [-0.4, -0.2) is 26.5 Å². The van der Waals surface area contributed by atoms with Gasteiger partial charge in [0, 0.05) is 6.54 Å². The van der Waals surface area contributed by atoms with Gasteiger partial charge < -0.3 is 4.74 Å². The maximum atomic E-state index is 11.0. The number of esters is 1. The number of carbonyl (C=O) groups is 1. The first-order valence-corrected chi connectivity index (χ1v) is 5.09. The zero-order valence-corrected chi connectivity index (χ0v) is 9.22. The van der Waals surface area contributed by atoms with E-state index in [1.54, 1.807) is 20.8 Å². The Hall–Kier alpha value is -0.950. The summed E-state index contributed by atoms with van der Waals surface area (Å²) >= 11 is 0. The lowest BCUT2D eigenvalue weighted by Crippen LogP contribution is -2.25. The topological polar surface area (TPSA) is 84.8 Å². The molecule has 0 radical (unpaired) electrons. The number of hydrogen-bond donors (Lipinski definition) is 1. The highest BCUT2D eigenvalue weighted by Crippen LogP contribution is 2.07. The molecule has 0 fully saturated rings. The average molecular weight is 222 g/mol. The maximum absolute atomic E-state index is 11.0. The summed E-state index contributed by atoms with van der Waals surface area (Å²) in [5.74, 6) is -0.392. The number of hydrogen-bond acceptors (Lipinski definition) is 5. The van der Waals surface area contributed by atoms with Gasteiger partial charge in [0.05, 0.1) is 6.42 Å². The summed E-state index contributed by atoms with van der Waals surface area (Å²) in [5, 5.41) is 0. The molecule has 0 aromatic rings. The van der Waals surface area contributed by atoms with Crippen LogP contribution >= 0.6 is 0 Å². The molecule has 0 atom stereocenters. The predicted molar refractivity (Wildman–Crippen MR) is 49.8 cm³/mol. The number of nitrogens with one attached hydrogen (secondary N) is 1. The van der Waals surface area contributed by atoms with Gasteiger partial charge in [-0.1, -0.05) is 4.47 Å². The van der Waals surface area contributed by atoms with E-state index >= 15 is 0 Å². The largest absolute Gasteiger partial charge is 0.460 e. The van der Waals surface area contributed by atoms with Gasteiger partial charge in [-0.15, -0.1) is 0 Å². The molecule has 0 heterocycles. The Morgan fingerprint density at radius 3 is 2.43 bits per heavy atom. The number of nitrogens with zero attached hydrogens (tertiary/aromatic N) is 1. The zero-order valence-electron chi connectivity index (χ0n) is 8.40. The summed E-state index contributed by atoms with van der Waals surface area (Å²) in [6, 6.07) is 0. The van der Waals surface area contributed by atoms with Gasteiger partial charge in [-0.3, -0.25) is 4.79 Å². The first-order chi connectivity index (χ1) is 6.31. The molecule has 0 unspecified atom stereocenters. The lowest BCUT2D eigenvalue weighted by molar-refractivity contribution is -0.154. The Labute approximate surface area is 84.3 Å². The lowest BCUT2D eigenvalue weighted by Gasteiger charge is -2.19. The van der Waals surface area contributed by atoms with E-state index in [9.17, 15) is 13.2 Å². The minimum absolute atomic E-state index is 0.0813. The molecule has 0 aliphatic carbocycles. The summed E-state index contributed by atoms with van der Waals surface area (Å²) in [5.41, 5.74) is 1.69. The molecule has 0 aliphatic heterocycles. The molecule has 0 saturated carbocycles. The Kier molecular flexibility index (Phi) is 5.32. The fraction of sp³-hybridized carbons (Fsp3) is 0.857. The van der Waals surface area contributed by atoms with Crippen LogP contribution in [0.5, 0.6) is 0 Å². The third-order valence-electron chi connectivity index (χ3n) is 1.00. The molecule has 1 N–H and O–H groups in total. The summed E-state index contributed by atoms with van der Waals surface area (Å²) in [4.78, 5) is 11.0. The second kappa shape index (κ2) is 5.71. The Bertz CT molecular complexity index is 307. The van der Waals surface area contributed by atoms with Crippen LogP contribution in [-0.2, 0) is 20.0 Å². The van der Waals surface area contributed by atoms with Crippen molar-refractivity contribution in [3.63, 3.8) is 0 Å². The maximum Gasteiger partial charge on any atom is 0.327 e. The van der Waals surface area contributed by atoms with E-state index in [4.69, 9.17) is 4.74 Å². The van der Waals surface area contributed by atoms with Crippen LogP contribution in [0.4, 0.5) is 0 Å². The highest BCUT2D eigenvalue weighted by Gasteiger charge is 2.15. The van der Waals surface area contributed by atoms with Crippen LogP contribution in [0.2, 0.25) is 0 Å². The normalized spacial score (nSPS) is 10.8. The van der Waals surface area contributed by atoms with Crippen molar-refractivity contribution < 1.29 is 17.9 Å². The van der Waals surface area contributed by atoms with Crippen molar-refractivity contribution >= 4 is 16.5 Å². The SMILES string of the molecule is CC(C)(C)OC(=O)CCNN=S(=O)=O. The Morgan fingerprint density at radius 2 is 2.00 bits per heavy atom. The quantitative estimate of drug-likeness (QED) is 0.419. The third kappa shape index (κ3) is 9.14. The van der Waals surface area contributed by atoms with Gasteiger partial charge in [-0.05, 0) is 20.8 Å². The van der Waals surface area contributed by atoms with Gasteiger partial charge in [-0.2, -0.15) is 13.8 Å². The minimum Gasteiger partial charge on any atom is -0.460 e. The van der Waals surface area contributed by atoms with Crippen molar-refractivity contribution in [2.45, 2.75) is 32.8 Å². The van der Waals surface area contributed by atoms with Crippen LogP contribution in [0.25, 0.3) is 0 Å². The fourth-order valence-corrected chi connectivity index (χ4v) is 0.846. The van der Waals surface area contributed by atoms with E-state index < -0.39 is 22.1 Å². The second-order valence-electron chi connectivity index (χ2n) is 3.55. The molecule has 0 bridgehead atoms. The van der Waals surface area contributed by atoms with E-state index in [-0.39, 0.29) is 13.0 Å². The van der Waals surface area contributed by atoms with E-state index in [1.165, 1.54) is 0 Å². The standard InChI is InChI=1S/C7H14N2O4S/c1-7(2,3)13-6(10)4-5-8-9-14(11)12/h8H,4-5H2,1-3H3. The predicted octanol–water partition coefficient (Wildman–Crippen LogP) is 0.286. The zero-order chi connectivity index (χ0) is 11.2. The molecule has 0 aromatic carbocycles. The molecule has 7 heteroatoms. The highest BCUT2D eigenvalue weighted by atomic mass is 32.2.